The molecule has 2 aromatic rings. The van der Waals surface area contributed by atoms with Crippen LogP contribution in [-0.2, 0) is 27.7 Å². The summed E-state index contributed by atoms with van der Waals surface area (Å²) >= 11 is 0. The Morgan fingerprint density at radius 2 is 1.91 bits per heavy atom. The molecule has 0 atom stereocenters. The van der Waals surface area contributed by atoms with E-state index >= 15 is 0 Å². The van der Waals surface area contributed by atoms with Crippen molar-refractivity contribution in [3.63, 3.8) is 0 Å². The van der Waals surface area contributed by atoms with Crippen LogP contribution >= 0.6 is 0 Å². The van der Waals surface area contributed by atoms with Gasteiger partial charge in [0.15, 0.2) is 9.84 Å². The fourth-order valence-corrected chi connectivity index (χ4v) is 4.99. The predicted molar refractivity (Wildman–Crippen MR) is 125 cm³/mol. The number of sulfone groups is 1. The third-order valence-electron chi connectivity index (χ3n) is 5.37. The average molecular weight is 478 g/mol. The zero-order valence-electron chi connectivity index (χ0n) is 18.5. The maximum absolute atomic E-state index is 12.6. The molecule has 1 aliphatic heterocycles. The maximum atomic E-state index is 12.6. The summed E-state index contributed by atoms with van der Waals surface area (Å²) in [5.74, 6) is -0.122. The van der Waals surface area contributed by atoms with Crippen LogP contribution in [-0.4, -0.2) is 46.1 Å². The van der Waals surface area contributed by atoms with Crippen LogP contribution < -0.4 is 27.0 Å². The summed E-state index contributed by atoms with van der Waals surface area (Å²) in [5.41, 5.74) is 5.09. The van der Waals surface area contributed by atoms with Gasteiger partial charge in [0.25, 0.3) is 5.56 Å². The highest BCUT2D eigenvalue weighted by Gasteiger charge is 2.25. The average Bonchev–Trinajstić information content (AvgIpc) is 2.78. The largest absolute Gasteiger partial charge is 0.490 e. The van der Waals surface area contributed by atoms with Gasteiger partial charge in [0.05, 0.1) is 11.5 Å². The summed E-state index contributed by atoms with van der Waals surface area (Å²) in [6.07, 6.45) is 6.25. The first-order valence-electron chi connectivity index (χ1n) is 10.6. The monoisotopic (exact) mass is 477 g/mol. The van der Waals surface area contributed by atoms with Crippen molar-refractivity contribution in [1.82, 2.24) is 14.1 Å². The first kappa shape index (κ1) is 24.2. The van der Waals surface area contributed by atoms with Gasteiger partial charge in [-0.3, -0.25) is 23.7 Å². The third-order valence-corrected chi connectivity index (χ3v) is 7.08. The smallest absolute Gasteiger partial charge is 0.332 e. The van der Waals surface area contributed by atoms with Gasteiger partial charge in [0, 0.05) is 37.1 Å². The fraction of sp³-hybridized carbons (Fsp3) is 0.429. The predicted octanol–water partition coefficient (Wildman–Crippen LogP) is 0.635. The Labute approximate surface area is 190 Å². The molecule has 0 aromatic carbocycles. The molecule has 0 aliphatic carbocycles. The minimum Gasteiger partial charge on any atom is -0.490 e. The molecule has 1 fully saturated rings. The standard InChI is InChI=1S/C21H27N5O6S/c1-3-25-19(22)18(20(28)26(4-2)21(25)29)24-17(27)6-5-14-13-23-10-7-16(14)32-15-8-11-33(30,31)12-9-15/h5-7,10,13,15H,3-4,8-9,11-12,22H2,1-2H3,(H,24,27)/b6-5+. The Kier molecular flexibility index (Phi) is 7.36. The van der Waals surface area contributed by atoms with E-state index in [1.165, 1.54) is 29.1 Å². The van der Waals surface area contributed by atoms with Gasteiger partial charge in [-0.15, -0.1) is 0 Å². The molecule has 0 saturated carbocycles. The van der Waals surface area contributed by atoms with Crippen LogP contribution in [0.3, 0.4) is 0 Å². The van der Waals surface area contributed by atoms with Crippen molar-refractivity contribution in [1.29, 1.82) is 0 Å². The number of nitrogen functional groups attached to an aromatic ring is 1. The molecule has 1 aliphatic rings. The van der Waals surface area contributed by atoms with Gasteiger partial charge in [-0.05, 0) is 38.8 Å². The second-order valence-electron chi connectivity index (χ2n) is 7.54. The normalized spacial score (nSPS) is 16.1. The number of pyridine rings is 1. The van der Waals surface area contributed by atoms with E-state index in [9.17, 15) is 22.8 Å². The van der Waals surface area contributed by atoms with Gasteiger partial charge in [0.2, 0.25) is 5.91 Å². The Morgan fingerprint density at radius 1 is 1.24 bits per heavy atom. The van der Waals surface area contributed by atoms with E-state index in [0.717, 1.165) is 4.57 Å². The van der Waals surface area contributed by atoms with Crippen molar-refractivity contribution in [2.24, 2.45) is 0 Å². The first-order valence-corrected chi connectivity index (χ1v) is 12.4. The van der Waals surface area contributed by atoms with Crippen LogP contribution in [0.25, 0.3) is 6.08 Å². The van der Waals surface area contributed by atoms with E-state index in [4.69, 9.17) is 10.5 Å². The minimum atomic E-state index is -3.01. The highest BCUT2D eigenvalue weighted by Crippen LogP contribution is 2.24. The van der Waals surface area contributed by atoms with Gasteiger partial charge >= 0.3 is 5.69 Å². The molecule has 1 amide bonds. The number of nitrogens with zero attached hydrogens (tertiary/aromatic N) is 3. The van der Waals surface area contributed by atoms with Crippen LogP contribution in [0.4, 0.5) is 11.5 Å². The second kappa shape index (κ2) is 10.0. The molecule has 11 nitrogen and oxygen atoms in total. The summed E-state index contributed by atoms with van der Waals surface area (Å²) in [5, 5.41) is 2.46. The molecule has 178 valence electrons. The summed E-state index contributed by atoms with van der Waals surface area (Å²) in [6.45, 7) is 3.73. The van der Waals surface area contributed by atoms with Crippen molar-refractivity contribution in [2.45, 2.75) is 45.9 Å². The number of hydrogen-bond donors (Lipinski definition) is 2. The minimum absolute atomic E-state index is 0.0763. The van der Waals surface area contributed by atoms with Crippen molar-refractivity contribution in [2.75, 3.05) is 22.6 Å². The number of carbonyl (C=O) groups excluding carboxylic acids is 1. The number of hydrogen-bond acceptors (Lipinski definition) is 8. The highest BCUT2D eigenvalue weighted by molar-refractivity contribution is 7.91. The van der Waals surface area contributed by atoms with E-state index in [2.05, 4.69) is 10.3 Å². The van der Waals surface area contributed by atoms with E-state index in [0.29, 0.717) is 24.2 Å². The molecule has 0 spiro atoms. The van der Waals surface area contributed by atoms with Gasteiger partial charge in [0.1, 0.15) is 23.4 Å². The lowest BCUT2D eigenvalue weighted by atomic mass is 10.2. The van der Waals surface area contributed by atoms with Crippen LogP contribution in [0.5, 0.6) is 5.75 Å². The number of rotatable bonds is 7. The number of ether oxygens (including phenoxy) is 1. The molecule has 0 radical (unpaired) electrons. The van der Waals surface area contributed by atoms with Crippen LogP contribution in [0.15, 0.2) is 34.1 Å². The van der Waals surface area contributed by atoms with E-state index in [-0.39, 0.29) is 42.2 Å². The lowest BCUT2D eigenvalue weighted by molar-refractivity contribution is -0.111. The van der Waals surface area contributed by atoms with Crippen LogP contribution in [0.1, 0.15) is 32.3 Å². The topological polar surface area (TPSA) is 155 Å². The lowest BCUT2D eigenvalue weighted by Crippen LogP contribution is -2.42. The Morgan fingerprint density at radius 3 is 2.55 bits per heavy atom. The van der Waals surface area contributed by atoms with Gasteiger partial charge < -0.3 is 15.8 Å². The Balaban J connectivity index is 1.79. The Bertz CT molecular complexity index is 1280. The van der Waals surface area contributed by atoms with Crippen LogP contribution in [0.2, 0.25) is 0 Å². The third kappa shape index (κ3) is 5.51. The van der Waals surface area contributed by atoms with Crippen LogP contribution in [0, 0.1) is 0 Å². The number of nitrogens with one attached hydrogen (secondary N) is 1. The summed E-state index contributed by atoms with van der Waals surface area (Å²) in [7, 11) is -3.01. The number of amides is 1. The molecule has 33 heavy (non-hydrogen) atoms. The highest BCUT2D eigenvalue weighted by atomic mass is 32.2. The fourth-order valence-electron chi connectivity index (χ4n) is 3.54. The number of nitrogens with two attached hydrogens (primary N) is 1. The van der Waals surface area contributed by atoms with E-state index < -0.39 is 27.0 Å². The molecular formula is C21H27N5O6S. The van der Waals surface area contributed by atoms with Crippen molar-refractivity contribution in [3.8, 4) is 5.75 Å². The summed E-state index contributed by atoms with van der Waals surface area (Å²) < 4.78 is 31.4. The zero-order valence-corrected chi connectivity index (χ0v) is 19.3. The lowest BCUT2D eigenvalue weighted by Gasteiger charge is -2.23. The first-order chi connectivity index (χ1) is 15.7. The Hall–Kier alpha value is -3.41. The van der Waals surface area contributed by atoms with E-state index in [1.54, 1.807) is 19.9 Å². The van der Waals surface area contributed by atoms with Crippen molar-refractivity contribution >= 4 is 33.3 Å². The molecule has 3 N–H and O–H groups in total. The molecule has 3 heterocycles. The maximum Gasteiger partial charge on any atom is 0.332 e. The molecule has 2 aromatic heterocycles. The molecule has 0 unspecified atom stereocenters. The zero-order chi connectivity index (χ0) is 24.2. The van der Waals surface area contributed by atoms with Gasteiger partial charge in [-0.25, -0.2) is 13.2 Å². The number of aromatic nitrogens is 3. The van der Waals surface area contributed by atoms with Crippen molar-refractivity contribution < 1.29 is 17.9 Å². The quantitative estimate of drug-likeness (QED) is 0.550. The molecular weight excluding hydrogens is 450 g/mol. The molecule has 1 saturated heterocycles. The van der Waals surface area contributed by atoms with E-state index in [1.807, 2.05) is 0 Å². The number of carbonyl (C=O) groups is 1. The SMILES string of the molecule is CCn1c(N)c(NC(=O)/C=C/c2cnccc2OC2CCS(=O)(=O)CC2)c(=O)n(CC)c1=O. The number of anilines is 2. The summed E-state index contributed by atoms with van der Waals surface area (Å²) in [6, 6.07) is 1.63. The van der Waals surface area contributed by atoms with Crippen molar-refractivity contribution in [3.05, 3.63) is 50.9 Å². The molecule has 12 heteroatoms. The molecule has 0 bridgehead atoms. The second-order valence-corrected chi connectivity index (χ2v) is 9.85. The molecule has 3 rings (SSSR count). The summed E-state index contributed by atoms with van der Waals surface area (Å²) in [4.78, 5) is 41.5. The van der Waals surface area contributed by atoms with Gasteiger partial charge in [-0.2, -0.15) is 0 Å². The van der Waals surface area contributed by atoms with Gasteiger partial charge in [-0.1, -0.05) is 0 Å².